The van der Waals surface area contributed by atoms with Gasteiger partial charge in [0.25, 0.3) is 0 Å². The first-order valence-electron chi connectivity index (χ1n) is 26.8. The summed E-state index contributed by atoms with van der Waals surface area (Å²) in [5.74, 6) is -0.873. The van der Waals surface area contributed by atoms with Gasteiger partial charge < -0.3 is 14.2 Å². The Balaban J connectivity index is 4.29. The van der Waals surface area contributed by atoms with E-state index in [9.17, 15) is 14.4 Å². The molecule has 1 unspecified atom stereocenters. The second-order valence-corrected chi connectivity index (χ2v) is 18.1. The summed E-state index contributed by atoms with van der Waals surface area (Å²) in [6.07, 6.45) is 57.3. The first-order chi connectivity index (χ1) is 30.0. The van der Waals surface area contributed by atoms with E-state index in [1.165, 1.54) is 186 Å². The van der Waals surface area contributed by atoms with E-state index in [1.807, 2.05) is 0 Å². The van der Waals surface area contributed by atoms with Crippen LogP contribution in [0.2, 0.25) is 0 Å². The van der Waals surface area contributed by atoms with Crippen molar-refractivity contribution in [1.82, 2.24) is 0 Å². The molecule has 0 radical (unpaired) electrons. The van der Waals surface area contributed by atoms with Gasteiger partial charge in [0.15, 0.2) is 6.10 Å². The van der Waals surface area contributed by atoms with Crippen molar-refractivity contribution in [2.24, 2.45) is 0 Å². The van der Waals surface area contributed by atoms with Crippen LogP contribution in [0, 0.1) is 0 Å². The number of carbonyl (C=O) groups is 3. The number of hydrogen-bond donors (Lipinski definition) is 0. The predicted octanol–water partition coefficient (Wildman–Crippen LogP) is 17.5. The lowest BCUT2D eigenvalue weighted by molar-refractivity contribution is -0.167. The van der Waals surface area contributed by atoms with E-state index in [0.717, 1.165) is 64.2 Å². The lowest BCUT2D eigenvalue weighted by Gasteiger charge is -2.18. The van der Waals surface area contributed by atoms with Gasteiger partial charge in [-0.15, -0.1) is 0 Å². The quantitative estimate of drug-likeness (QED) is 0.0262. The molecule has 0 bridgehead atoms. The van der Waals surface area contributed by atoms with Gasteiger partial charge in [0.2, 0.25) is 0 Å². The van der Waals surface area contributed by atoms with Crippen LogP contribution >= 0.6 is 0 Å². The van der Waals surface area contributed by atoms with Crippen LogP contribution in [0.1, 0.15) is 290 Å². The number of rotatable bonds is 49. The van der Waals surface area contributed by atoms with E-state index in [0.29, 0.717) is 19.3 Å². The molecule has 0 aromatic heterocycles. The zero-order chi connectivity index (χ0) is 44.4. The maximum atomic E-state index is 12.8. The van der Waals surface area contributed by atoms with E-state index in [-0.39, 0.29) is 31.1 Å². The Labute approximate surface area is 379 Å². The fourth-order valence-corrected chi connectivity index (χ4v) is 7.84. The number of esters is 3. The third-order valence-electron chi connectivity index (χ3n) is 11.9. The molecule has 61 heavy (non-hydrogen) atoms. The normalized spacial score (nSPS) is 12.1. The van der Waals surface area contributed by atoms with Crippen LogP contribution in [0.15, 0.2) is 24.3 Å². The molecule has 358 valence electrons. The van der Waals surface area contributed by atoms with Gasteiger partial charge in [-0.3, -0.25) is 14.4 Å². The molecule has 0 heterocycles. The van der Waals surface area contributed by atoms with Crippen molar-refractivity contribution in [3.8, 4) is 0 Å². The number of unbranched alkanes of at least 4 members (excludes halogenated alkanes) is 34. The molecule has 0 aromatic carbocycles. The third kappa shape index (κ3) is 48.8. The molecule has 0 amide bonds. The zero-order valence-electron chi connectivity index (χ0n) is 40.9. The van der Waals surface area contributed by atoms with Crippen LogP contribution in [-0.4, -0.2) is 37.2 Å². The molecular formula is C55H102O6. The Morgan fingerprint density at radius 1 is 0.311 bits per heavy atom. The first kappa shape index (κ1) is 58.9. The Hall–Kier alpha value is -2.11. The summed E-state index contributed by atoms with van der Waals surface area (Å²) in [4.78, 5) is 37.9. The van der Waals surface area contributed by atoms with Crippen molar-refractivity contribution in [1.29, 1.82) is 0 Å². The van der Waals surface area contributed by atoms with Crippen molar-refractivity contribution < 1.29 is 28.6 Å². The molecule has 6 nitrogen and oxygen atoms in total. The monoisotopic (exact) mass is 859 g/mol. The molecule has 0 rings (SSSR count). The largest absolute Gasteiger partial charge is 0.462 e. The van der Waals surface area contributed by atoms with E-state index in [4.69, 9.17) is 14.2 Å². The minimum atomic E-state index is -0.772. The molecule has 0 aliphatic rings. The summed E-state index contributed by atoms with van der Waals surface area (Å²) in [6, 6.07) is 0. The first-order valence-corrected chi connectivity index (χ1v) is 26.8. The highest BCUT2D eigenvalue weighted by molar-refractivity contribution is 5.71. The fraction of sp³-hybridized carbons (Fsp3) is 0.873. The second-order valence-electron chi connectivity index (χ2n) is 18.1. The molecule has 0 N–H and O–H groups in total. The van der Waals surface area contributed by atoms with E-state index in [1.54, 1.807) is 0 Å². The molecule has 0 aliphatic heterocycles. The van der Waals surface area contributed by atoms with Crippen LogP contribution < -0.4 is 0 Å². The van der Waals surface area contributed by atoms with Crippen LogP contribution in [0.4, 0.5) is 0 Å². The summed E-state index contributed by atoms with van der Waals surface area (Å²) in [7, 11) is 0. The van der Waals surface area contributed by atoms with Crippen LogP contribution in [0.25, 0.3) is 0 Å². The average Bonchev–Trinajstić information content (AvgIpc) is 3.26. The highest BCUT2D eigenvalue weighted by Crippen LogP contribution is 2.16. The lowest BCUT2D eigenvalue weighted by atomic mass is 10.0. The molecule has 0 aliphatic carbocycles. The predicted molar refractivity (Wildman–Crippen MR) is 261 cm³/mol. The molecule has 0 spiro atoms. The summed E-state index contributed by atoms with van der Waals surface area (Å²) in [5, 5.41) is 0. The topological polar surface area (TPSA) is 78.9 Å². The smallest absolute Gasteiger partial charge is 0.306 e. The van der Waals surface area contributed by atoms with Crippen LogP contribution in [0.5, 0.6) is 0 Å². The van der Waals surface area contributed by atoms with E-state index in [2.05, 4.69) is 45.1 Å². The summed E-state index contributed by atoms with van der Waals surface area (Å²) < 4.78 is 16.8. The van der Waals surface area contributed by atoms with Gasteiger partial charge in [-0.2, -0.15) is 0 Å². The standard InChI is InChI=1S/C55H102O6/c1-4-7-10-13-16-19-22-25-26-27-28-29-30-31-34-36-39-42-45-48-54(57)60-51-52(61-55(58)49-46-43-40-37-33-24-21-18-15-12-9-6-3)50-59-53(56)47-44-41-38-35-32-23-20-17-14-11-8-5-2/h18,21,27-28,52H,4-17,19-20,22-26,29-51H2,1-3H3/b21-18-,28-27-. The number of hydrogen-bond acceptors (Lipinski definition) is 6. The van der Waals surface area contributed by atoms with Gasteiger partial charge in [0, 0.05) is 19.3 Å². The molecule has 0 saturated carbocycles. The maximum Gasteiger partial charge on any atom is 0.306 e. The minimum absolute atomic E-state index is 0.0723. The van der Waals surface area contributed by atoms with Gasteiger partial charge in [-0.25, -0.2) is 0 Å². The van der Waals surface area contributed by atoms with Crippen molar-refractivity contribution in [2.75, 3.05) is 13.2 Å². The zero-order valence-corrected chi connectivity index (χ0v) is 40.9. The molecule has 6 heteroatoms. The van der Waals surface area contributed by atoms with Gasteiger partial charge in [-0.1, -0.05) is 225 Å². The Bertz CT molecular complexity index is 989. The molecule has 0 aromatic rings. The van der Waals surface area contributed by atoms with Crippen molar-refractivity contribution in [3.63, 3.8) is 0 Å². The highest BCUT2D eigenvalue weighted by Gasteiger charge is 2.19. The Morgan fingerprint density at radius 3 is 0.852 bits per heavy atom. The lowest BCUT2D eigenvalue weighted by Crippen LogP contribution is -2.30. The molecule has 0 saturated heterocycles. The highest BCUT2D eigenvalue weighted by atomic mass is 16.6. The number of allylic oxidation sites excluding steroid dienone is 4. The van der Waals surface area contributed by atoms with E-state index >= 15 is 0 Å². The number of ether oxygens (including phenoxy) is 3. The van der Waals surface area contributed by atoms with Gasteiger partial charge in [0.05, 0.1) is 0 Å². The molecule has 1 atom stereocenters. The minimum Gasteiger partial charge on any atom is -0.462 e. The van der Waals surface area contributed by atoms with Crippen molar-refractivity contribution >= 4 is 17.9 Å². The van der Waals surface area contributed by atoms with Crippen LogP contribution in [0.3, 0.4) is 0 Å². The summed E-state index contributed by atoms with van der Waals surface area (Å²) in [6.45, 7) is 6.63. The van der Waals surface area contributed by atoms with Crippen molar-refractivity contribution in [3.05, 3.63) is 24.3 Å². The average molecular weight is 859 g/mol. The summed E-state index contributed by atoms with van der Waals surface area (Å²) in [5.41, 5.74) is 0. The Kier molecular flexibility index (Phi) is 48.8. The van der Waals surface area contributed by atoms with Crippen LogP contribution in [-0.2, 0) is 28.6 Å². The molecular weight excluding hydrogens is 757 g/mol. The number of carbonyl (C=O) groups excluding carboxylic acids is 3. The van der Waals surface area contributed by atoms with Gasteiger partial charge in [0.1, 0.15) is 13.2 Å². The Morgan fingerprint density at radius 2 is 0.541 bits per heavy atom. The second kappa shape index (κ2) is 50.5. The third-order valence-corrected chi connectivity index (χ3v) is 11.9. The molecule has 0 fully saturated rings. The van der Waals surface area contributed by atoms with Crippen molar-refractivity contribution in [2.45, 2.75) is 297 Å². The summed E-state index contributed by atoms with van der Waals surface area (Å²) >= 11 is 0. The maximum absolute atomic E-state index is 12.8. The SMILES string of the molecule is CCCCC/C=C\CCCCCCCC(=O)OC(COC(=O)CCCCCCCCC/C=C\CCCCCCCCCC)COC(=O)CCCCCCCCCCCCCC. The van der Waals surface area contributed by atoms with Gasteiger partial charge >= 0.3 is 17.9 Å². The fourth-order valence-electron chi connectivity index (χ4n) is 7.84. The van der Waals surface area contributed by atoms with Gasteiger partial charge in [-0.05, 0) is 70.6 Å². The van der Waals surface area contributed by atoms with E-state index < -0.39 is 6.10 Å².